The fourth-order valence-corrected chi connectivity index (χ4v) is 4.69. The van der Waals surface area contributed by atoms with Crippen molar-refractivity contribution in [3.63, 3.8) is 0 Å². The summed E-state index contributed by atoms with van der Waals surface area (Å²) in [5, 5.41) is 5.41. The van der Waals surface area contributed by atoms with E-state index in [0.717, 1.165) is 33.5 Å². The van der Waals surface area contributed by atoms with Gasteiger partial charge in [-0.2, -0.15) is 0 Å². The SMILES string of the molecule is Cc1cc(C)cc(NC(=O)Cn2cnc3scc(-c4ccc(C)cc4C)c3c2=O)c1. The Kier molecular flexibility index (Phi) is 5.26. The molecular formula is C24H23N3O2S. The minimum Gasteiger partial charge on any atom is -0.325 e. The molecule has 2 aromatic carbocycles. The van der Waals surface area contributed by atoms with Crippen molar-refractivity contribution in [3.05, 3.63) is 80.7 Å². The van der Waals surface area contributed by atoms with Crippen molar-refractivity contribution in [1.82, 2.24) is 9.55 Å². The molecule has 6 heteroatoms. The second kappa shape index (κ2) is 7.88. The van der Waals surface area contributed by atoms with Crippen LogP contribution in [0.3, 0.4) is 0 Å². The van der Waals surface area contributed by atoms with Crippen LogP contribution in [-0.4, -0.2) is 15.5 Å². The molecule has 2 heterocycles. The third kappa shape index (κ3) is 3.91. The lowest BCUT2D eigenvalue weighted by atomic mass is 9.99. The molecule has 0 saturated heterocycles. The van der Waals surface area contributed by atoms with Gasteiger partial charge in [-0.15, -0.1) is 11.3 Å². The molecule has 0 fully saturated rings. The van der Waals surface area contributed by atoms with E-state index in [9.17, 15) is 9.59 Å². The van der Waals surface area contributed by atoms with Crippen LogP contribution in [0.4, 0.5) is 5.69 Å². The predicted octanol–water partition coefficient (Wildman–Crippen LogP) is 5.00. The largest absolute Gasteiger partial charge is 0.325 e. The molecule has 0 aliphatic carbocycles. The van der Waals surface area contributed by atoms with Gasteiger partial charge in [0.15, 0.2) is 0 Å². The van der Waals surface area contributed by atoms with Gasteiger partial charge in [-0.3, -0.25) is 14.2 Å². The molecule has 5 nitrogen and oxygen atoms in total. The topological polar surface area (TPSA) is 64.0 Å². The fraction of sp³-hybridized carbons (Fsp3) is 0.208. The van der Waals surface area contributed by atoms with Crippen molar-refractivity contribution in [2.45, 2.75) is 34.2 Å². The molecule has 0 spiro atoms. The maximum atomic E-state index is 13.2. The first kappa shape index (κ1) is 20.0. The van der Waals surface area contributed by atoms with Gasteiger partial charge in [0.25, 0.3) is 5.56 Å². The third-order valence-electron chi connectivity index (χ3n) is 5.05. The van der Waals surface area contributed by atoms with Crippen LogP contribution >= 0.6 is 11.3 Å². The molecule has 4 aromatic rings. The minimum atomic E-state index is -0.258. The summed E-state index contributed by atoms with van der Waals surface area (Å²) in [5.41, 5.74) is 6.84. The second-order valence-corrected chi connectivity index (χ2v) is 8.61. The normalized spacial score (nSPS) is 11.1. The average molecular weight is 418 g/mol. The van der Waals surface area contributed by atoms with Gasteiger partial charge in [-0.1, -0.05) is 29.8 Å². The summed E-state index contributed by atoms with van der Waals surface area (Å²) in [4.78, 5) is 30.9. The molecule has 30 heavy (non-hydrogen) atoms. The Morgan fingerprint density at radius 2 is 1.73 bits per heavy atom. The highest BCUT2D eigenvalue weighted by Gasteiger charge is 2.16. The van der Waals surface area contributed by atoms with E-state index in [-0.39, 0.29) is 18.0 Å². The summed E-state index contributed by atoms with van der Waals surface area (Å²) in [7, 11) is 0. The Morgan fingerprint density at radius 3 is 2.43 bits per heavy atom. The highest BCUT2D eigenvalue weighted by molar-refractivity contribution is 7.17. The van der Waals surface area contributed by atoms with Crippen molar-refractivity contribution in [2.75, 3.05) is 5.32 Å². The van der Waals surface area contributed by atoms with Crippen molar-refractivity contribution < 1.29 is 4.79 Å². The van der Waals surface area contributed by atoms with Crippen molar-refractivity contribution in [3.8, 4) is 11.1 Å². The molecule has 152 valence electrons. The van der Waals surface area contributed by atoms with E-state index in [0.29, 0.717) is 10.2 Å². The summed E-state index contributed by atoms with van der Waals surface area (Å²) in [6, 6.07) is 12.0. The summed E-state index contributed by atoms with van der Waals surface area (Å²) in [6.45, 7) is 7.96. The van der Waals surface area contributed by atoms with Crippen molar-refractivity contribution in [2.24, 2.45) is 0 Å². The van der Waals surface area contributed by atoms with E-state index >= 15 is 0 Å². The van der Waals surface area contributed by atoms with Crippen LogP contribution in [0.5, 0.6) is 0 Å². The molecule has 0 unspecified atom stereocenters. The molecule has 0 radical (unpaired) electrons. The maximum absolute atomic E-state index is 13.2. The molecule has 1 N–H and O–H groups in total. The van der Waals surface area contributed by atoms with Crippen LogP contribution < -0.4 is 10.9 Å². The van der Waals surface area contributed by atoms with Crippen LogP contribution in [0.15, 0.2) is 52.9 Å². The lowest BCUT2D eigenvalue weighted by Crippen LogP contribution is -2.27. The summed E-state index contributed by atoms with van der Waals surface area (Å²) < 4.78 is 1.38. The van der Waals surface area contributed by atoms with Crippen LogP contribution in [0.25, 0.3) is 21.3 Å². The Hall–Kier alpha value is -3.25. The van der Waals surface area contributed by atoms with Gasteiger partial charge >= 0.3 is 0 Å². The number of hydrogen-bond donors (Lipinski definition) is 1. The summed E-state index contributed by atoms with van der Waals surface area (Å²) >= 11 is 1.44. The predicted molar refractivity (Wildman–Crippen MR) is 123 cm³/mol. The van der Waals surface area contributed by atoms with Crippen LogP contribution in [-0.2, 0) is 11.3 Å². The number of amides is 1. The Morgan fingerprint density at radius 1 is 1.00 bits per heavy atom. The standard InChI is InChI=1S/C24H23N3O2S/c1-14-5-6-19(17(4)8-14)20-12-30-23-22(20)24(29)27(13-25-23)11-21(28)26-18-9-15(2)7-16(3)10-18/h5-10,12-13H,11H2,1-4H3,(H,26,28). The van der Waals surface area contributed by atoms with Crippen LogP contribution in [0.2, 0.25) is 0 Å². The number of aromatic nitrogens is 2. The van der Waals surface area contributed by atoms with E-state index in [2.05, 4.69) is 16.4 Å². The first-order chi connectivity index (χ1) is 14.3. The van der Waals surface area contributed by atoms with Gasteiger partial charge in [0.2, 0.25) is 5.91 Å². The van der Waals surface area contributed by atoms with Gasteiger partial charge in [-0.25, -0.2) is 4.98 Å². The zero-order valence-electron chi connectivity index (χ0n) is 17.4. The molecule has 0 aliphatic rings. The fourth-order valence-electron chi connectivity index (χ4n) is 3.80. The van der Waals surface area contributed by atoms with E-state index in [4.69, 9.17) is 0 Å². The molecule has 1 amide bonds. The molecule has 2 aromatic heterocycles. The lowest BCUT2D eigenvalue weighted by Gasteiger charge is -2.10. The highest BCUT2D eigenvalue weighted by Crippen LogP contribution is 2.33. The molecule has 0 aliphatic heterocycles. The summed E-state index contributed by atoms with van der Waals surface area (Å²) in [6.07, 6.45) is 1.45. The first-order valence-corrected chi connectivity index (χ1v) is 10.6. The van der Waals surface area contributed by atoms with Crippen molar-refractivity contribution >= 4 is 33.1 Å². The number of carbonyl (C=O) groups excluding carboxylic acids is 1. The van der Waals surface area contributed by atoms with Crippen molar-refractivity contribution in [1.29, 1.82) is 0 Å². The van der Waals surface area contributed by atoms with Crippen LogP contribution in [0, 0.1) is 27.7 Å². The molecule has 0 saturated carbocycles. The molecule has 0 bridgehead atoms. The van der Waals surface area contributed by atoms with Gasteiger partial charge in [0, 0.05) is 16.6 Å². The first-order valence-electron chi connectivity index (χ1n) is 9.74. The third-order valence-corrected chi connectivity index (χ3v) is 5.94. The monoisotopic (exact) mass is 417 g/mol. The number of benzene rings is 2. The van der Waals surface area contributed by atoms with Gasteiger partial charge < -0.3 is 5.32 Å². The molecule has 0 atom stereocenters. The molecular weight excluding hydrogens is 394 g/mol. The number of aryl methyl sites for hydroxylation is 4. The van der Waals surface area contributed by atoms with E-state index < -0.39 is 0 Å². The van der Waals surface area contributed by atoms with Gasteiger partial charge in [0.05, 0.1) is 11.7 Å². The minimum absolute atomic E-state index is 0.0864. The quantitative estimate of drug-likeness (QED) is 0.508. The smallest absolute Gasteiger partial charge is 0.263 e. The van der Waals surface area contributed by atoms with Gasteiger partial charge in [-0.05, 0) is 62.1 Å². The number of fused-ring (bicyclic) bond motifs is 1. The number of rotatable bonds is 4. The van der Waals surface area contributed by atoms with E-state index in [1.165, 1.54) is 27.8 Å². The zero-order chi connectivity index (χ0) is 21.4. The number of thiophene rings is 1. The maximum Gasteiger partial charge on any atom is 0.263 e. The Balaban J connectivity index is 1.68. The molecule has 4 rings (SSSR count). The van der Waals surface area contributed by atoms with Gasteiger partial charge in [0.1, 0.15) is 11.4 Å². The van der Waals surface area contributed by atoms with E-state index in [1.54, 1.807) is 0 Å². The van der Waals surface area contributed by atoms with E-state index in [1.807, 2.05) is 63.4 Å². The number of nitrogens with zero attached hydrogens (tertiary/aromatic N) is 2. The average Bonchev–Trinajstić information content (AvgIpc) is 3.08. The zero-order valence-corrected chi connectivity index (χ0v) is 18.3. The number of carbonyl (C=O) groups is 1. The highest BCUT2D eigenvalue weighted by atomic mass is 32.1. The summed E-state index contributed by atoms with van der Waals surface area (Å²) in [5.74, 6) is -0.258. The number of anilines is 1. The Labute approximate surface area is 179 Å². The number of hydrogen-bond acceptors (Lipinski definition) is 4. The second-order valence-electron chi connectivity index (χ2n) is 7.75. The Bertz CT molecular complexity index is 1310. The lowest BCUT2D eigenvalue weighted by molar-refractivity contribution is -0.116. The van der Waals surface area contributed by atoms with Crippen LogP contribution in [0.1, 0.15) is 22.3 Å². The number of nitrogens with one attached hydrogen (secondary N) is 1.